The summed E-state index contributed by atoms with van der Waals surface area (Å²) in [6.45, 7) is 5.96. The minimum atomic E-state index is -0.214. The lowest BCUT2D eigenvalue weighted by atomic mass is 10.1. The molecule has 0 bridgehead atoms. The molecule has 0 amide bonds. The van der Waals surface area contributed by atoms with Gasteiger partial charge in [-0.1, -0.05) is 71.1 Å². The number of ketones is 1. The van der Waals surface area contributed by atoms with Crippen LogP contribution in [0.15, 0.2) is 52.9 Å². The summed E-state index contributed by atoms with van der Waals surface area (Å²) in [6.07, 6.45) is 0. The zero-order valence-electron chi connectivity index (χ0n) is 14.2. The molecule has 0 aliphatic rings. The maximum absolute atomic E-state index is 12.6. The number of para-hydroxylation sites is 1. The van der Waals surface area contributed by atoms with Gasteiger partial charge in [0, 0.05) is 5.56 Å². The van der Waals surface area contributed by atoms with Crippen LogP contribution in [0.25, 0.3) is 5.69 Å². The Labute approximate surface area is 160 Å². The summed E-state index contributed by atoms with van der Waals surface area (Å²) in [5.74, 6) is 0.105. The Balaban J connectivity index is 1.81. The molecule has 6 heteroatoms. The largest absolute Gasteiger partial charge is 0.293 e. The summed E-state index contributed by atoms with van der Waals surface area (Å²) >= 11 is 8.36. The van der Waals surface area contributed by atoms with E-state index in [-0.39, 0.29) is 11.0 Å². The fourth-order valence-corrected chi connectivity index (χ4v) is 4.99. The van der Waals surface area contributed by atoms with E-state index in [1.807, 2.05) is 69.3 Å². The molecule has 0 N–H and O–H groups in total. The number of Topliss-reactive ketones (excluding diaryl/α,β-unsaturated/α-hetero) is 1. The molecule has 1 heterocycles. The summed E-state index contributed by atoms with van der Waals surface area (Å²) in [4.78, 5) is 12.6. The van der Waals surface area contributed by atoms with E-state index in [1.165, 1.54) is 23.1 Å². The molecule has 0 saturated heterocycles. The lowest BCUT2D eigenvalue weighted by Gasteiger charge is -2.08. The molecule has 0 saturated carbocycles. The average Bonchev–Trinajstić information content (AvgIpc) is 2.95. The van der Waals surface area contributed by atoms with Crippen molar-refractivity contribution in [2.75, 3.05) is 0 Å². The minimum absolute atomic E-state index is 0.105. The zero-order valence-corrected chi connectivity index (χ0v) is 16.7. The van der Waals surface area contributed by atoms with Gasteiger partial charge in [0.1, 0.15) is 0 Å². The standard InChI is InChI=1S/C19H18N2OS3/c1-12-8-10-15(11-9-12)17(22)14(3)24-18-20-21(19(23)25-18)16-7-5-4-6-13(16)2/h4-11,14H,1-3H3/t14-/m0/s1. The number of rotatable bonds is 5. The van der Waals surface area contributed by atoms with Crippen molar-refractivity contribution in [2.24, 2.45) is 0 Å². The van der Waals surface area contributed by atoms with Gasteiger partial charge >= 0.3 is 0 Å². The smallest absolute Gasteiger partial charge is 0.184 e. The molecule has 25 heavy (non-hydrogen) atoms. The molecule has 128 valence electrons. The maximum Gasteiger partial charge on any atom is 0.184 e. The number of carbonyl (C=O) groups excluding carboxylic acids is 1. The second-order valence-electron chi connectivity index (χ2n) is 5.82. The highest BCUT2D eigenvalue weighted by molar-refractivity contribution is 8.02. The molecule has 3 nitrogen and oxygen atoms in total. The van der Waals surface area contributed by atoms with E-state index >= 15 is 0 Å². The molecule has 1 atom stereocenters. The van der Waals surface area contributed by atoms with Crippen molar-refractivity contribution >= 4 is 41.1 Å². The molecular weight excluding hydrogens is 368 g/mol. The highest BCUT2D eigenvalue weighted by Gasteiger charge is 2.19. The summed E-state index contributed by atoms with van der Waals surface area (Å²) in [6, 6.07) is 15.7. The summed E-state index contributed by atoms with van der Waals surface area (Å²) in [5.41, 5.74) is 3.97. The van der Waals surface area contributed by atoms with Crippen LogP contribution >= 0.6 is 35.3 Å². The monoisotopic (exact) mass is 386 g/mol. The van der Waals surface area contributed by atoms with E-state index in [0.29, 0.717) is 3.95 Å². The normalized spacial score (nSPS) is 12.1. The lowest BCUT2D eigenvalue weighted by Crippen LogP contribution is -2.13. The van der Waals surface area contributed by atoms with E-state index in [9.17, 15) is 4.79 Å². The highest BCUT2D eigenvalue weighted by atomic mass is 32.2. The Bertz CT molecular complexity index is 957. The minimum Gasteiger partial charge on any atom is -0.293 e. The van der Waals surface area contributed by atoms with Crippen LogP contribution < -0.4 is 0 Å². The van der Waals surface area contributed by atoms with Crippen molar-refractivity contribution in [3.8, 4) is 5.69 Å². The number of nitrogens with zero attached hydrogens (tertiary/aromatic N) is 2. The first-order valence-corrected chi connectivity index (χ1v) is 10.00. The van der Waals surface area contributed by atoms with E-state index < -0.39 is 0 Å². The number of hydrogen-bond acceptors (Lipinski definition) is 5. The van der Waals surface area contributed by atoms with Crippen LogP contribution in [0.4, 0.5) is 0 Å². The first kappa shape index (κ1) is 18.0. The summed E-state index contributed by atoms with van der Waals surface area (Å²) < 4.78 is 3.27. The van der Waals surface area contributed by atoms with Gasteiger partial charge < -0.3 is 0 Å². The molecular formula is C19H18N2OS3. The molecule has 0 aliphatic carbocycles. The lowest BCUT2D eigenvalue weighted by molar-refractivity contribution is 0.0994. The van der Waals surface area contributed by atoms with Gasteiger partial charge in [-0.05, 0) is 44.6 Å². The van der Waals surface area contributed by atoms with Crippen molar-refractivity contribution in [1.82, 2.24) is 9.78 Å². The number of carbonyl (C=O) groups is 1. The predicted molar refractivity (Wildman–Crippen MR) is 108 cm³/mol. The second kappa shape index (κ2) is 7.64. The third kappa shape index (κ3) is 4.08. The fraction of sp³-hybridized carbons (Fsp3) is 0.211. The molecule has 1 aromatic heterocycles. The molecule has 0 aliphatic heterocycles. The Hall–Kier alpha value is -1.76. The van der Waals surface area contributed by atoms with Crippen molar-refractivity contribution in [3.05, 3.63) is 69.2 Å². The van der Waals surface area contributed by atoms with E-state index in [4.69, 9.17) is 12.2 Å². The van der Waals surface area contributed by atoms with Gasteiger partial charge in [0.25, 0.3) is 0 Å². The second-order valence-corrected chi connectivity index (χ2v) is 9.03. The molecule has 3 rings (SSSR count). The highest BCUT2D eigenvalue weighted by Crippen LogP contribution is 2.29. The number of benzene rings is 2. The van der Waals surface area contributed by atoms with E-state index in [2.05, 4.69) is 5.10 Å². The van der Waals surface area contributed by atoms with Crippen LogP contribution in [0, 0.1) is 17.8 Å². The van der Waals surface area contributed by atoms with E-state index in [1.54, 1.807) is 4.68 Å². The van der Waals surface area contributed by atoms with Gasteiger partial charge in [-0.15, -0.1) is 5.10 Å². The molecule has 0 fully saturated rings. The molecule has 2 aromatic carbocycles. The fourth-order valence-electron chi connectivity index (χ4n) is 2.42. The maximum atomic E-state index is 12.6. The van der Waals surface area contributed by atoms with Crippen molar-refractivity contribution < 1.29 is 4.79 Å². The van der Waals surface area contributed by atoms with Gasteiger partial charge in [0.05, 0.1) is 10.9 Å². The number of hydrogen-bond donors (Lipinski definition) is 0. The third-order valence-electron chi connectivity index (χ3n) is 3.86. The average molecular weight is 387 g/mol. The van der Waals surface area contributed by atoms with Gasteiger partial charge in [-0.3, -0.25) is 4.79 Å². The third-order valence-corrected chi connectivity index (χ3v) is 6.27. The van der Waals surface area contributed by atoms with Gasteiger partial charge in [-0.2, -0.15) is 0 Å². The first-order chi connectivity index (χ1) is 12.0. The Kier molecular flexibility index (Phi) is 5.51. The molecule has 0 unspecified atom stereocenters. The van der Waals surface area contributed by atoms with Crippen molar-refractivity contribution in [2.45, 2.75) is 30.4 Å². The zero-order chi connectivity index (χ0) is 18.0. The van der Waals surface area contributed by atoms with Crippen LogP contribution in [0.2, 0.25) is 0 Å². The van der Waals surface area contributed by atoms with Gasteiger partial charge in [-0.25, -0.2) is 4.68 Å². The summed E-state index contributed by atoms with van der Waals surface area (Å²) in [5, 5.41) is 4.40. The van der Waals surface area contributed by atoms with Gasteiger partial charge in [0.15, 0.2) is 14.1 Å². The van der Waals surface area contributed by atoms with E-state index in [0.717, 1.165) is 26.7 Å². The first-order valence-electron chi connectivity index (χ1n) is 7.89. The predicted octanol–water partition coefficient (Wildman–Crippen LogP) is 5.64. The number of thioether (sulfide) groups is 1. The SMILES string of the molecule is Cc1ccc(C(=O)[C@H](C)Sc2nn(-c3ccccc3C)c(=S)s2)cc1. The van der Waals surface area contributed by atoms with Crippen LogP contribution in [0.3, 0.4) is 0 Å². The molecule has 0 spiro atoms. The molecule has 3 aromatic rings. The Morgan fingerprint density at radius 1 is 1.16 bits per heavy atom. The van der Waals surface area contributed by atoms with Gasteiger partial charge in [0.2, 0.25) is 0 Å². The topological polar surface area (TPSA) is 34.9 Å². The van der Waals surface area contributed by atoms with Crippen LogP contribution in [0.5, 0.6) is 0 Å². The summed E-state index contributed by atoms with van der Waals surface area (Å²) in [7, 11) is 0. The molecule has 0 radical (unpaired) electrons. The van der Waals surface area contributed by atoms with Crippen LogP contribution in [-0.2, 0) is 0 Å². The number of aryl methyl sites for hydroxylation is 2. The number of aromatic nitrogens is 2. The van der Waals surface area contributed by atoms with Crippen LogP contribution in [-0.4, -0.2) is 20.8 Å². The quantitative estimate of drug-likeness (QED) is 0.323. The van der Waals surface area contributed by atoms with Crippen molar-refractivity contribution in [1.29, 1.82) is 0 Å². The van der Waals surface area contributed by atoms with Crippen LogP contribution in [0.1, 0.15) is 28.4 Å². The van der Waals surface area contributed by atoms with Crippen molar-refractivity contribution in [3.63, 3.8) is 0 Å². The Morgan fingerprint density at radius 3 is 2.52 bits per heavy atom. The Morgan fingerprint density at radius 2 is 1.84 bits per heavy atom.